The lowest BCUT2D eigenvalue weighted by atomic mass is 10.1. The average Bonchev–Trinajstić information content (AvgIpc) is 3.53. The minimum atomic E-state index is -0.570. The van der Waals surface area contributed by atoms with Gasteiger partial charge in [0, 0.05) is 31.2 Å². The van der Waals surface area contributed by atoms with E-state index in [0.717, 1.165) is 63.0 Å². The number of carbonyl (C=O) groups excluding carboxylic acids is 2. The van der Waals surface area contributed by atoms with E-state index in [4.69, 9.17) is 0 Å². The smallest absolute Gasteiger partial charge is 0.255 e. The summed E-state index contributed by atoms with van der Waals surface area (Å²) in [5.41, 5.74) is 2.45. The number of piperidine rings is 1. The highest BCUT2D eigenvalue weighted by Crippen LogP contribution is 2.40. The fourth-order valence-electron chi connectivity index (χ4n) is 5.09. The summed E-state index contributed by atoms with van der Waals surface area (Å²) < 4.78 is 14.8. The molecule has 1 saturated heterocycles. The van der Waals surface area contributed by atoms with Gasteiger partial charge < -0.3 is 15.5 Å². The van der Waals surface area contributed by atoms with Gasteiger partial charge in [-0.25, -0.2) is 9.07 Å². The molecule has 1 aliphatic carbocycles. The van der Waals surface area contributed by atoms with Crippen molar-refractivity contribution in [3.63, 3.8) is 0 Å². The Labute approximate surface area is 217 Å². The summed E-state index contributed by atoms with van der Waals surface area (Å²) in [5.74, 6) is -0.0943. The van der Waals surface area contributed by atoms with Gasteiger partial charge in [0.1, 0.15) is 11.9 Å². The SMILES string of the molecule is O=C(N[C@@H](CCCN[C@@H]1C[C@H]1c1ccc(F)cc1)C(=O)N1CCCCC1)c1cnn(-c2ccccc2)c1. The molecule has 0 unspecified atom stereocenters. The standard InChI is InChI=1S/C29H34FN5O2/c30-23-13-11-21(12-14-23)25-18-27(25)31-15-7-10-26(29(37)34-16-5-2-6-17-34)33-28(36)22-19-32-35(20-22)24-8-3-1-4-9-24/h1,3-4,8-9,11-14,19-20,25-27,31H,2,5-7,10,15-18H2,(H,33,36)/t25-,26-,27+/m0/s1. The van der Waals surface area contributed by atoms with Gasteiger partial charge in [-0.05, 0) is 74.9 Å². The first-order chi connectivity index (χ1) is 18.1. The summed E-state index contributed by atoms with van der Waals surface area (Å²) in [6.07, 6.45) is 8.74. The van der Waals surface area contributed by atoms with Crippen molar-refractivity contribution in [2.45, 2.75) is 56.5 Å². The van der Waals surface area contributed by atoms with Crippen LogP contribution in [0.3, 0.4) is 0 Å². The fraction of sp³-hybridized carbons (Fsp3) is 0.414. The normalized spacial score (nSPS) is 19.9. The molecule has 3 atom stereocenters. The number of halogens is 1. The molecule has 1 aliphatic heterocycles. The fourth-order valence-corrected chi connectivity index (χ4v) is 5.09. The maximum absolute atomic E-state index is 13.3. The summed E-state index contributed by atoms with van der Waals surface area (Å²) >= 11 is 0. The van der Waals surface area contributed by atoms with Crippen molar-refractivity contribution in [3.05, 3.63) is 83.9 Å². The van der Waals surface area contributed by atoms with Crippen molar-refractivity contribution < 1.29 is 14.0 Å². The van der Waals surface area contributed by atoms with Gasteiger partial charge in [0.2, 0.25) is 5.91 Å². The number of hydrogen-bond acceptors (Lipinski definition) is 4. The van der Waals surface area contributed by atoms with Crippen LogP contribution in [0.2, 0.25) is 0 Å². The molecule has 5 rings (SSSR count). The summed E-state index contributed by atoms with van der Waals surface area (Å²) in [7, 11) is 0. The highest BCUT2D eigenvalue weighted by molar-refractivity contribution is 5.97. The largest absolute Gasteiger partial charge is 0.341 e. The number of likely N-dealkylation sites (tertiary alicyclic amines) is 1. The molecule has 0 radical (unpaired) electrons. The van der Waals surface area contributed by atoms with Gasteiger partial charge in [-0.1, -0.05) is 30.3 Å². The predicted molar refractivity (Wildman–Crippen MR) is 140 cm³/mol. The molecule has 194 valence electrons. The van der Waals surface area contributed by atoms with Crippen LogP contribution in [-0.4, -0.2) is 58.2 Å². The van der Waals surface area contributed by atoms with Gasteiger partial charge in [0.05, 0.1) is 17.4 Å². The third-order valence-electron chi connectivity index (χ3n) is 7.30. The molecule has 2 amide bonds. The molecule has 8 heteroatoms. The van der Waals surface area contributed by atoms with Crippen LogP contribution in [0.25, 0.3) is 5.69 Å². The summed E-state index contributed by atoms with van der Waals surface area (Å²) in [4.78, 5) is 28.3. The minimum Gasteiger partial charge on any atom is -0.341 e. The van der Waals surface area contributed by atoms with E-state index in [1.54, 1.807) is 10.9 Å². The van der Waals surface area contributed by atoms with Crippen molar-refractivity contribution in [2.75, 3.05) is 19.6 Å². The van der Waals surface area contributed by atoms with Crippen molar-refractivity contribution in [2.24, 2.45) is 0 Å². The van der Waals surface area contributed by atoms with Crippen LogP contribution in [0.4, 0.5) is 4.39 Å². The number of benzene rings is 2. The predicted octanol–water partition coefficient (Wildman–Crippen LogP) is 4.05. The zero-order valence-electron chi connectivity index (χ0n) is 21.0. The van der Waals surface area contributed by atoms with Crippen LogP contribution in [0.1, 0.15) is 60.4 Å². The number of rotatable bonds is 10. The quantitative estimate of drug-likeness (QED) is 0.409. The molecule has 1 aromatic heterocycles. The lowest BCUT2D eigenvalue weighted by Gasteiger charge is -2.30. The Kier molecular flexibility index (Phi) is 7.94. The van der Waals surface area contributed by atoms with Crippen LogP contribution in [0.5, 0.6) is 0 Å². The van der Waals surface area contributed by atoms with Crippen LogP contribution in [0.15, 0.2) is 67.0 Å². The maximum atomic E-state index is 13.3. The second-order valence-electron chi connectivity index (χ2n) is 10.0. The van der Waals surface area contributed by atoms with Gasteiger partial charge in [-0.15, -0.1) is 0 Å². The molecule has 0 bridgehead atoms. The van der Waals surface area contributed by atoms with Gasteiger partial charge in [-0.2, -0.15) is 5.10 Å². The summed E-state index contributed by atoms with van der Waals surface area (Å²) in [6, 6.07) is 16.1. The van der Waals surface area contributed by atoms with E-state index in [-0.39, 0.29) is 17.6 Å². The van der Waals surface area contributed by atoms with E-state index in [1.165, 1.54) is 18.3 Å². The second-order valence-corrected chi connectivity index (χ2v) is 10.0. The molecule has 0 spiro atoms. The molecule has 7 nitrogen and oxygen atoms in total. The third kappa shape index (κ3) is 6.43. The summed E-state index contributed by atoms with van der Waals surface area (Å²) in [6.45, 7) is 2.25. The molecule has 2 N–H and O–H groups in total. The zero-order chi connectivity index (χ0) is 25.6. The molecular formula is C29H34FN5O2. The Morgan fingerprint density at radius 3 is 2.54 bits per heavy atom. The van der Waals surface area contributed by atoms with Crippen LogP contribution in [-0.2, 0) is 4.79 Å². The number of nitrogens with one attached hydrogen (secondary N) is 2. The molecule has 2 aliphatic rings. The molecule has 3 aromatic rings. The maximum Gasteiger partial charge on any atom is 0.255 e. The highest BCUT2D eigenvalue weighted by atomic mass is 19.1. The first-order valence-corrected chi connectivity index (χ1v) is 13.3. The van der Waals surface area contributed by atoms with Gasteiger partial charge in [0.25, 0.3) is 5.91 Å². The first kappa shape index (κ1) is 25.1. The van der Waals surface area contributed by atoms with Gasteiger partial charge in [0.15, 0.2) is 0 Å². The summed E-state index contributed by atoms with van der Waals surface area (Å²) in [5, 5.41) is 10.9. The Morgan fingerprint density at radius 1 is 1.03 bits per heavy atom. The third-order valence-corrected chi connectivity index (χ3v) is 7.30. The topological polar surface area (TPSA) is 79.3 Å². The number of hydrogen-bond donors (Lipinski definition) is 2. The molecule has 2 aromatic carbocycles. The first-order valence-electron chi connectivity index (χ1n) is 13.3. The lowest BCUT2D eigenvalue weighted by molar-refractivity contribution is -0.134. The second kappa shape index (κ2) is 11.7. The molecular weight excluding hydrogens is 469 g/mol. The van der Waals surface area contributed by atoms with E-state index >= 15 is 0 Å². The molecule has 37 heavy (non-hydrogen) atoms. The monoisotopic (exact) mass is 503 g/mol. The number of aromatic nitrogens is 2. The van der Waals surface area contributed by atoms with E-state index in [2.05, 4.69) is 15.7 Å². The van der Waals surface area contributed by atoms with Gasteiger partial charge >= 0.3 is 0 Å². The molecule has 2 heterocycles. The van der Waals surface area contributed by atoms with Crippen molar-refractivity contribution in [1.82, 2.24) is 25.3 Å². The van der Waals surface area contributed by atoms with E-state index in [1.807, 2.05) is 47.4 Å². The van der Waals surface area contributed by atoms with Gasteiger partial charge in [-0.3, -0.25) is 9.59 Å². The number of nitrogens with zero attached hydrogens (tertiary/aromatic N) is 3. The molecule has 2 fully saturated rings. The molecule has 1 saturated carbocycles. The zero-order valence-corrected chi connectivity index (χ0v) is 21.0. The highest BCUT2D eigenvalue weighted by Gasteiger charge is 2.37. The van der Waals surface area contributed by atoms with Crippen molar-refractivity contribution in [3.8, 4) is 5.69 Å². The number of para-hydroxylation sites is 1. The minimum absolute atomic E-state index is 0.000822. The van der Waals surface area contributed by atoms with Crippen molar-refractivity contribution >= 4 is 11.8 Å². The lowest BCUT2D eigenvalue weighted by Crippen LogP contribution is -2.50. The number of amides is 2. The van der Waals surface area contributed by atoms with Crippen LogP contribution in [0, 0.1) is 5.82 Å². The number of carbonyl (C=O) groups is 2. The van der Waals surface area contributed by atoms with E-state index < -0.39 is 6.04 Å². The Bertz CT molecular complexity index is 1190. The average molecular weight is 504 g/mol. The Balaban J connectivity index is 1.16. The van der Waals surface area contributed by atoms with Crippen LogP contribution >= 0.6 is 0 Å². The van der Waals surface area contributed by atoms with E-state index in [0.29, 0.717) is 23.9 Å². The Hall–Kier alpha value is -3.52. The van der Waals surface area contributed by atoms with Crippen molar-refractivity contribution in [1.29, 1.82) is 0 Å². The van der Waals surface area contributed by atoms with E-state index in [9.17, 15) is 14.0 Å². The van der Waals surface area contributed by atoms with Crippen LogP contribution < -0.4 is 10.6 Å². The Morgan fingerprint density at radius 2 is 1.78 bits per heavy atom.